The van der Waals surface area contributed by atoms with E-state index in [0.717, 1.165) is 0 Å². The predicted molar refractivity (Wildman–Crippen MR) is 111 cm³/mol. The SMILES string of the molecule is C=C1[C@@H](O)C23[C@@H](CC[C@@H]1[C@@H]2OC(C)=O)[C@@]12CO[C@@]3(O)[C@@H](O)[C@@H]1C(C)(C)CC[C@@H]2OC(C)=O. The molecule has 10 atom stereocenters. The number of hydrogen-bond acceptors (Lipinski definition) is 8. The van der Waals surface area contributed by atoms with Gasteiger partial charge >= 0.3 is 11.9 Å². The average Bonchev–Trinajstić information content (AvgIpc) is 2.80. The smallest absolute Gasteiger partial charge is 0.302 e. The van der Waals surface area contributed by atoms with Crippen LogP contribution in [0.15, 0.2) is 12.2 Å². The third-order valence-electron chi connectivity index (χ3n) is 9.66. The van der Waals surface area contributed by atoms with E-state index in [4.69, 9.17) is 14.2 Å². The number of hydrogen-bond donors (Lipinski definition) is 3. The standard InChI is InChI=1S/C24H34O8/c1-11-14-6-7-15-22-10-30-24(29,23(15,18(11)27)20(14)32-13(3)26)19(28)17(22)21(4,5)9-8-16(22)31-12(2)25/h14-20,27-29H,1,6-10H2,2-5H3/t14-,15-,16-,17+,18+,19-,20-,22+,23?,24-/m0/s1. The summed E-state index contributed by atoms with van der Waals surface area (Å²) < 4.78 is 17.7. The zero-order chi connectivity index (χ0) is 23.4. The first kappa shape index (κ1) is 22.3. The van der Waals surface area contributed by atoms with E-state index >= 15 is 0 Å². The number of esters is 2. The van der Waals surface area contributed by atoms with E-state index in [1.165, 1.54) is 13.8 Å². The van der Waals surface area contributed by atoms with Gasteiger partial charge in [0.1, 0.15) is 18.3 Å². The highest BCUT2D eigenvalue weighted by Gasteiger charge is 2.87. The van der Waals surface area contributed by atoms with Crippen molar-refractivity contribution in [1.29, 1.82) is 0 Å². The fourth-order valence-electron chi connectivity index (χ4n) is 8.82. The lowest BCUT2D eigenvalue weighted by Crippen LogP contribution is -2.86. The Morgan fingerprint density at radius 2 is 1.75 bits per heavy atom. The van der Waals surface area contributed by atoms with Crippen molar-refractivity contribution in [2.75, 3.05) is 6.61 Å². The molecule has 6 rings (SSSR count). The van der Waals surface area contributed by atoms with Crippen LogP contribution in [-0.2, 0) is 23.8 Å². The minimum absolute atomic E-state index is 0.0929. The molecule has 6 aliphatic rings. The molecule has 1 unspecified atom stereocenters. The molecule has 2 spiro atoms. The summed E-state index contributed by atoms with van der Waals surface area (Å²) in [7, 11) is 0. The zero-order valence-corrected chi connectivity index (χ0v) is 19.2. The summed E-state index contributed by atoms with van der Waals surface area (Å²) in [6.07, 6.45) is -1.51. The number of aliphatic hydroxyl groups is 3. The van der Waals surface area contributed by atoms with Crippen LogP contribution in [0.1, 0.15) is 53.4 Å². The summed E-state index contributed by atoms with van der Waals surface area (Å²) in [5.41, 5.74) is -2.21. The van der Waals surface area contributed by atoms with Gasteiger partial charge in [-0.15, -0.1) is 0 Å². The van der Waals surface area contributed by atoms with E-state index in [1.54, 1.807) is 0 Å². The van der Waals surface area contributed by atoms with E-state index in [-0.39, 0.29) is 17.9 Å². The Morgan fingerprint density at radius 3 is 2.38 bits per heavy atom. The summed E-state index contributed by atoms with van der Waals surface area (Å²) in [4.78, 5) is 24.2. The summed E-state index contributed by atoms with van der Waals surface area (Å²) in [5.74, 6) is -4.26. The van der Waals surface area contributed by atoms with Crippen molar-refractivity contribution in [1.82, 2.24) is 0 Å². The van der Waals surface area contributed by atoms with E-state index in [2.05, 4.69) is 20.4 Å². The van der Waals surface area contributed by atoms with Gasteiger partial charge in [0.2, 0.25) is 5.79 Å². The van der Waals surface area contributed by atoms with E-state index in [9.17, 15) is 24.9 Å². The van der Waals surface area contributed by atoms with Crippen LogP contribution in [0.4, 0.5) is 0 Å². The lowest BCUT2D eigenvalue weighted by molar-refractivity contribution is -0.476. The molecule has 4 aliphatic carbocycles. The third-order valence-corrected chi connectivity index (χ3v) is 9.66. The molecule has 0 aromatic carbocycles. The second kappa shape index (κ2) is 6.56. The normalized spacial score (nSPS) is 52.7. The summed E-state index contributed by atoms with van der Waals surface area (Å²) in [6.45, 7) is 11.0. The fraction of sp³-hybridized carbons (Fsp3) is 0.833. The maximum atomic E-state index is 12.1. The largest absolute Gasteiger partial charge is 0.462 e. The highest BCUT2D eigenvalue weighted by Crippen LogP contribution is 2.78. The summed E-state index contributed by atoms with van der Waals surface area (Å²) in [6, 6.07) is 0. The van der Waals surface area contributed by atoms with Gasteiger partial charge in [-0.25, -0.2) is 0 Å². The Bertz CT molecular complexity index is 883. The molecule has 2 saturated heterocycles. The molecule has 0 amide bonds. The van der Waals surface area contributed by atoms with Gasteiger partial charge in [0.25, 0.3) is 0 Å². The molecule has 2 aliphatic heterocycles. The highest BCUT2D eigenvalue weighted by molar-refractivity contribution is 5.67. The van der Waals surface area contributed by atoms with Crippen molar-refractivity contribution in [2.45, 2.75) is 83.6 Å². The first-order valence-corrected chi connectivity index (χ1v) is 11.6. The van der Waals surface area contributed by atoms with Gasteiger partial charge in [0.15, 0.2) is 0 Å². The number of carbonyl (C=O) groups excluding carboxylic acids is 2. The maximum Gasteiger partial charge on any atom is 0.302 e. The van der Waals surface area contributed by atoms with Gasteiger partial charge in [-0.2, -0.15) is 0 Å². The summed E-state index contributed by atoms with van der Waals surface area (Å²) >= 11 is 0. The average molecular weight is 451 g/mol. The molecule has 32 heavy (non-hydrogen) atoms. The van der Waals surface area contributed by atoms with Crippen molar-refractivity contribution in [3.63, 3.8) is 0 Å². The van der Waals surface area contributed by atoms with Crippen molar-refractivity contribution < 1.29 is 39.1 Å². The Labute approximate surface area is 187 Å². The van der Waals surface area contributed by atoms with Crippen LogP contribution in [0.2, 0.25) is 0 Å². The van der Waals surface area contributed by atoms with Gasteiger partial charge in [-0.3, -0.25) is 9.59 Å². The highest BCUT2D eigenvalue weighted by atomic mass is 16.7. The van der Waals surface area contributed by atoms with Crippen molar-refractivity contribution in [2.24, 2.45) is 34.0 Å². The topological polar surface area (TPSA) is 123 Å². The Balaban J connectivity index is 1.78. The predicted octanol–water partition coefficient (Wildman–Crippen LogP) is 1.31. The molecule has 6 fully saturated rings. The monoisotopic (exact) mass is 450 g/mol. The first-order chi connectivity index (χ1) is 14.9. The van der Waals surface area contributed by atoms with Gasteiger partial charge in [-0.05, 0) is 42.6 Å². The van der Waals surface area contributed by atoms with Crippen LogP contribution in [-0.4, -0.2) is 64.1 Å². The van der Waals surface area contributed by atoms with E-state index in [0.29, 0.717) is 31.3 Å². The number of rotatable bonds is 2. The van der Waals surface area contributed by atoms with Crippen LogP contribution >= 0.6 is 0 Å². The van der Waals surface area contributed by atoms with E-state index < -0.39 is 64.8 Å². The summed E-state index contributed by atoms with van der Waals surface area (Å²) in [5, 5.41) is 35.4. The number of fused-ring (bicyclic) bond motifs is 2. The zero-order valence-electron chi connectivity index (χ0n) is 19.2. The van der Waals surface area contributed by atoms with Crippen LogP contribution in [0.5, 0.6) is 0 Å². The molecule has 4 bridgehead atoms. The molecule has 8 heteroatoms. The van der Waals surface area contributed by atoms with Crippen LogP contribution in [0.3, 0.4) is 0 Å². The van der Waals surface area contributed by atoms with Crippen LogP contribution < -0.4 is 0 Å². The number of carbonyl (C=O) groups is 2. The molecule has 8 nitrogen and oxygen atoms in total. The molecule has 0 radical (unpaired) electrons. The lowest BCUT2D eigenvalue weighted by atomic mass is 9.35. The van der Waals surface area contributed by atoms with Gasteiger partial charge < -0.3 is 29.5 Å². The molecule has 0 aromatic rings. The van der Waals surface area contributed by atoms with Crippen molar-refractivity contribution in [3.05, 3.63) is 12.2 Å². The second-order valence-corrected chi connectivity index (χ2v) is 11.3. The maximum absolute atomic E-state index is 12.1. The molecule has 2 heterocycles. The fourth-order valence-corrected chi connectivity index (χ4v) is 8.82. The minimum Gasteiger partial charge on any atom is -0.462 e. The minimum atomic E-state index is -2.13. The molecular formula is C24H34O8. The molecule has 178 valence electrons. The van der Waals surface area contributed by atoms with Gasteiger partial charge in [-0.1, -0.05) is 20.4 Å². The lowest BCUT2D eigenvalue weighted by Gasteiger charge is -2.75. The number of ether oxygens (including phenoxy) is 3. The molecule has 4 saturated carbocycles. The second-order valence-electron chi connectivity index (χ2n) is 11.3. The molecule has 3 N–H and O–H groups in total. The third kappa shape index (κ3) is 2.27. The van der Waals surface area contributed by atoms with Gasteiger partial charge in [0.05, 0.1) is 18.1 Å². The van der Waals surface area contributed by atoms with Crippen molar-refractivity contribution >= 4 is 11.9 Å². The molecular weight excluding hydrogens is 416 g/mol. The van der Waals surface area contributed by atoms with Crippen LogP contribution in [0.25, 0.3) is 0 Å². The Hall–Kier alpha value is -1.48. The Morgan fingerprint density at radius 1 is 1.09 bits per heavy atom. The van der Waals surface area contributed by atoms with E-state index in [1.807, 2.05) is 0 Å². The Kier molecular flexibility index (Phi) is 4.57. The first-order valence-electron chi connectivity index (χ1n) is 11.6. The molecule has 0 aromatic heterocycles. The van der Waals surface area contributed by atoms with Crippen LogP contribution in [0, 0.1) is 34.0 Å². The van der Waals surface area contributed by atoms with Crippen molar-refractivity contribution in [3.8, 4) is 0 Å². The number of aliphatic hydroxyl groups excluding tert-OH is 2. The van der Waals surface area contributed by atoms with Gasteiger partial charge in [0, 0.05) is 31.1 Å². The quantitative estimate of drug-likeness (QED) is 0.425.